The molecule has 0 spiro atoms. The molecule has 2 heterocycles. The fraction of sp³-hybridized carbons (Fsp3) is 0.200. The van der Waals surface area contributed by atoms with E-state index in [2.05, 4.69) is 44.5 Å². The molecule has 5 heteroatoms. The van der Waals surface area contributed by atoms with Gasteiger partial charge in [-0.2, -0.15) is 26.7 Å². The predicted molar refractivity (Wildman–Crippen MR) is 81.4 cm³/mol. The second-order valence-electron chi connectivity index (χ2n) is 4.64. The van der Waals surface area contributed by atoms with Gasteiger partial charge in [0.05, 0.1) is 0 Å². The molecule has 0 aliphatic heterocycles. The van der Waals surface area contributed by atoms with E-state index in [0.29, 0.717) is 12.6 Å². The van der Waals surface area contributed by atoms with Gasteiger partial charge in [0.25, 0.3) is 0 Å². The highest BCUT2D eigenvalue weighted by Crippen LogP contribution is 2.20. The number of aromatic amines is 1. The van der Waals surface area contributed by atoms with Crippen LogP contribution in [0.15, 0.2) is 47.2 Å². The lowest BCUT2D eigenvalue weighted by Crippen LogP contribution is -2.18. The van der Waals surface area contributed by atoms with Gasteiger partial charge in [0, 0.05) is 18.2 Å². The van der Waals surface area contributed by atoms with Gasteiger partial charge in [0.2, 0.25) is 0 Å². The van der Waals surface area contributed by atoms with Gasteiger partial charge in [-0.3, -0.25) is 0 Å². The largest absolute Gasteiger partial charge is 0.304 e. The second-order valence-corrected chi connectivity index (χ2v) is 5.42. The Morgan fingerprint density at radius 3 is 2.80 bits per heavy atom. The maximum Gasteiger partial charge on any atom is 0.117 e. The lowest BCUT2D eigenvalue weighted by Gasteiger charge is -2.11. The fourth-order valence-electron chi connectivity index (χ4n) is 2.09. The van der Waals surface area contributed by atoms with Crippen molar-refractivity contribution in [3.63, 3.8) is 0 Å². The molecule has 0 amide bonds. The number of H-pyrrole nitrogens is 1. The van der Waals surface area contributed by atoms with Gasteiger partial charge in [0.1, 0.15) is 11.4 Å². The first-order valence-electron chi connectivity index (χ1n) is 6.55. The molecule has 102 valence electrons. The zero-order valence-electron chi connectivity index (χ0n) is 11.2. The fourth-order valence-corrected chi connectivity index (χ4v) is 2.85. The van der Waals surface area contributed by atoms with Crippen LogP contribution in [0, 0.1) is 0 Å². The molecular formula is C15H16N4S. The Bertz CT molecular complexity index is 646. The highest BCUT2D eigenvalue weighted by molar-refractivity contribution is 7.07. The Morgan fingerprint density at radius 2 is 2.05 bits per heavy atom. The molecule has 2 N–H and O–H groups in total. The van der Waals surface area contributed by atoms with E-state index < -0.39 is 0 Å². The Morgan fingerprint density at radius 1 is 1.20 bits per heavy atom. The van der Waals surface area contributed by atoms with Gasteiger partial charge in [-0.1, -0.05) is 30.3 Å². The zero-order valence-corrected chi connectivity index (χ0v) is 12.0. The average Bonchev–Trinajstić information content (AvgIpc) is 3.17. The summed E-state index contributed by atoms with van der Waals surface area (Å²) in [7, 11) is 0. The van der Waals surface area contributed by atoms with Crippen LogP contribution in [0.3, 0.4) is 0 Å². The van der Waals surface area contributed by atoms with E-state index >= 15 is 0 Å². The van der Waals surface area contributed by atoms with E-state index in [4.69, 9.17) is 0 Å². The lowest BCUT2D eigenvalue weighted by atomic mass is 10.1. The van der Waals surface area contributed by atoms with Crippen molar-refractivity contribution in [1.82, 2.24) is 20.7 Å². The minimum atomic E-state index is 0.307. The monoisotopic (exact) mass is 284 g/mol. The van der Waals surface area contributed by atoms with E-state index in [0.717, 1.165) is 17.0 Å². The standard InChI is InChI=1S/C15H16N4S/c1-11(13-7-8-20-10-13)16-9-14-15(18-19-17-14)12-5-3-2-4-6-12/h2-8,10-11,16H,9H2,1H3,(H,17,18,19). The summed E-state index contributed by atoms with van der Waals surface area (Å²) in [6.45, 7) is 2.85. The van der Waals surface area contributed by atoms with Crippen molar-refractivity contribution >= 4 is 11.3 Å². The van der Waals surface area contributed by atoms with Gasteiger partial charge in [-0.15, -0.1) is 0 Å². The highest BCUT2D eigenvalue weighted by Gasteiger charge is 2.11. The smallest absolute Gasteiger partial charge is 0.117 e. The number of aromatic nitrogens is 3. The first-order chi connectivity index (χ1) is 9.84. The maximum atomic E-state index is 4.25. The van der Waals surface area contributed by atoms with Crippen LogP contribution in [0.4, 0.5) is 0 Å². The van der Waals surface area contributed by atoms with Crippen LogP contribution in [0.1, 0.15) is 24.2 Å². The average molecular weight is 284 g/mol. The number of thiophene rings is 1. The summed E-state index contributed by atoms with van der Waals surface area (Å²) in [5, 5.41) is 19.0. The molecule has 20 heavy (non-hydrogen) atoms. The van der Waals surface area contributed by atoms with Crippen LogP contribution < -0.4 is 5.32 Å². The number of nitrogens with zero attached hydrogens (tertiary/aromatic N) is 2. The van der Waals surface area contributed by atoms with Crippen molar-refractivity contribution in [3.8, 4) is 11.3 Å². The number of nitrogens with one attached hydrogen (secondary N) is 2. The van der Waals surface area contributed by atoms with Gasteiger partial charge >= 0.3 is 0 Å². The molecule has 0 radical (unpaired) electrons. The molecule has 0 saturated carbocycles. The summed E-state index contributed by atoms with van der Waals surface area (Å²) >= 11 is 1.72. The normalized spacial score (nSPS) is 12.4. The highest BCUT2D eigenvalue weighted by atomic mass is 32.1. The third kappa shape index (κ3) is 2.79. The summed E-state index contributed by atoms with van der Waals surface area (Å²) in [6, 6.07) is 12.6. The van der Waals surface area contributed by atoms with Crippen LogP contribution in [0.2, 0.25) is 0 Å². The first kappa shape index (κ1) is 13.0. The Kier molecular flexibility index (Phi) is 3.90. The number of rotatable bonds is 5. The van der Waals surface area contributed by atoms with Gasteiger partial charge in [-0.05, 0) is 29.3 Å². The molecule has 2 aromatic heterocycles. The molecule has 1 atom stereocenters. The molecule has 1 unspecified atom stereocenters. The molecule has 1 aromatic carbocycles. The molecule has 0 aliphatic carbocycles. The minimum Gasteiger partial charge on any atom is -0.304 e. The Hall–Kier alpha value is -1.98. The number of benzene rings is 1. The molecule has 0 fully saturated rings. The van der Waals surface area contributed by atoms with Crippen molar-refractivity contribution < 1.29 is 0 Å². The molecule has 0 bridgehead atoms. The van der Waals surface area contributed by atoms with E-state index in [9.17, 15) is 0 Å². The van der Waals surface area contributed by atoms with Crippen LogP contribution in [0.5, 0.6) is 0 Å². The second kappa shape index (κ2) is 5.98. The maximum absolute atomic E-state index is 4.25. The lowest BCUT2D eigenvalue weighted by molar-refractivity contribution is 0.569. The van der Waals surface area contributed by atoms with Crippen LogP contribution >= 0.6 is 11.3 Å². The summed E-state index contributed by atoms with van der Waals surface area (Å²) in [6.07, 6.45) is 0. The van der Waals surface area contributed by atoms with Crippen molar-refractivity contribution in [1.29, 1.82) is 0 Å². The van der Waals surface area contributed by atoms with Crippen molar-refractivity contribution in [2.45, 2.75) is 19.5 Å². The quantitative estimate of drug-likeness (QED) is 0.755. The van der Waals surface area contributed by atoms with Crippen LogP contribution in [0.25, 0.3) is 11.3 Å². The SMILES string of the molecule is CC(NCc1n[nH]nc1-c1ccccc1)c1ccsc1. The summed E-state index contributed by atoms with van der Waals surface area (Å²) in [5.74, 6) is 0. The van der Waals surface area contributed by atoms with E-state index in [1.807, 2.05) is 30.3 Å². The van der Waals surface area contributed by atoms with Crippen molar-refractivity contribution in [2.75, 3.05) is 0 Å². The van der Waals surface area contributed by atoms with Gasteiger partial charge in [-0.25, -0.2) is 0 Å². The minimum absolute atomic E-state index is 0.307. The molecule has 4 nitrogen and oxygen atoms in total. The van der Waals surface area contributed by atoms with Crippen molar-refractivity contribution in [2.24, 2.45) is 0 Å². The summed E-state index contributed by atoms with van der Waals surface area (Å²) < 4.78 is 0. The molecule has 3 rings (SSSR count). The molecule has 0 saturated heterocycles. The van der Waals surface area contributed by atoms with Crippen LogP contribution in [-0.4, -0.2) is 15.4 Å². The topological polar surface area (TPSA) is 53.6 Å². The van der Waals surface area contributed by atoms with Crippen LogP contribution in [-0.2, 0) is 6.54 Å². The number of hydrogen-bond donors (Lipinski definition) is 2. The Balaban J connectivity index is 1.72. The Labute approximate surface area is 121 Å². The summed E-state index contributed by atoms with van der Waals surface area (Å²) in [4.78, 5) is 0. The predicted octanol–water partition coefficient (Wildman–Crippen LogP) is 3.38. The van der Waals surface area contributed by atoms with Crippen molar-refractivity contribution in [3.05, 3.63) is 58.4 Å². The van der Waals surface area contributed by atoms with E-state index in [1.54, 1.807) is 11.3 Å². The van der Waals surface area contributed by atoms with Gasteiger partial charge < -0.3 is 5.32 Å². The van der Waals surface area contributed by atoms with E-state index in [1.165, 1.54) is 5.56 Å². The number of hydrogen-bond acceptors (Lipinski definition) is 4. The molecule has 3 aromatic rings. The third-order valence-corrected chi connectivity index (χ3v) is 3.99. The molecule has 0 aliphatic rings. The summed E-state index contributed by atoms with van der Waals surface area (Å²) in [5.41, 5.74) is 4.25. The molecular weight excluding hydrogens is 268 g/mol. The van der Waals surface area contributed by atoms with Gasteiger partial charge in [0.15, 0.2) is 0 Å². The third-order valence-electron chi connectivity index (χ3n) is 3.29. The zero-order chi connectivity index (χ0) is 13.8. The van der Waals surface area contributed by atoms with E-state index in [-0.39, 0.29) is 0 Å². The first-order valence-corrected chi connectivity index (χ1v) is 7.49.